The van der Waals surface area contributed by atoms with Gasteiger partial charge in [0.25, 0.3) is 0 Å². The Morgan fingerprint density at radius 3 is 1.89 bits per heavy atom. The normalized spacial score (nSPS) is 6.56. The van der Waals surface area contributed by atoms with Gasteiger partial charge in [0.1, 0.15) is 0 Å². The molecule has 0 rings (SSSR count). The van der Waals surface area contributed by atoms with Gasteiger partial charge >= 0.3 is 0 Å². The fourth-order valence-electron chi connectivity index (χ4n) is 0.144. The maximum atomic E-state index is 10.1. The van der Waals surface area contributed by atoms with E-state index in [1.165, 1.54) is 13.0 Å². The molecule has 0 atom stereocenters. The van der Waals surface area contributed by atoms with E-state index in [0.29, 0.717) is 0 Å². The van der Waals surface area contributed by atoms with Gasteiger partial charge in [-0.2, -0.15) is 0 Å². The van der Waals surface area contributed by atoms with Crippen LogP contribution in [0.5, 0.6) is 0 Å². The molecule has 9 heavy (non-hydrogen) atoms. The number of nitrogens with one attached hydrogen (secondary N) is 1. The van der Waals surface area contributed by atoms with E-state index in [1.54, 1.807) is 0 Å². The van der Waals surface area contributed by atoms with Crippen molar-refractivity contribution in [1.29, 1.82) is 5.41 Å². The summed E-state index contributed by atoms with van der Waals surface area (Å²) >= 11 is 0. The smallest absolute Gasteiger partial charge is 0.177 e. The van der Waals surface area contributed by atoms with Crippen LogP contribution in [0.4, 0.5) is 0 Å². The van der Waals surface area contributed by atoms with E-state index in [2.05, 4.69) is 6.58 Å². The maximum absolute atomic E-state index is 10.1. The van der Waals surface area contributed by atoms with E-state index in [4.69, 9.17) is 5.41 Å². The van der Waals surface area contributed by atoms with Crippen molar-refractivity contribution in [2.24, 2.45) is 0 Å². The van der Waals surface area contributed by atoms with Crippen LogP contribution in [0.1, 0.15) is 20.8 Å². The van der Waals surface area contributed by atoms with Gasteiger partial charge in [-0.1, -0.05) is 20.4 Å². The highest BCUT2D eigenvalue weighted by Gasteiger charge is 1.92. The molecule has 0 bridgehead atoms. The average Bonchev–Trinajstić information content (AvgIpc) is 1.91. The number of Topliss-reactive ketones (excluding diaryl/α,β-unsaturated/α-hetero) is 1. The molecule has 0 amide bonds. The van der Waals surface area contributed by atoms with Crippen LogP contribution in [0.15, 0.2) is 12.7 Å². The molecule has 0 unspecified atom stereocenters. The standard InChI is InChI=1S/C5H7NO.C2H6/c1-3-5(6)4(2)7;1-2/h3,6H,1H2,2H3;1-2H3. The Balaban J connectivity index is 0. The van der Waals surface area contributed by atoms with Crippen LogP contribution in [0.2, 0.25) is 0 Å². The molecule has 0 saturated heterocycles. The largest absolute Gasteiger partial charge is 0.297 e. The Morgan fingerprint density at radius 1 is 1.56 bits per heavy atom. The van der Waals surface area contributed by atoms with E-state index in [0.717, 1.165) is 0 Å². The van der Waals surface area contributed by atoms with Crippen molar-refractivity contribution in [3.05, 3.63) is 12.7 Å². The van der Waals surface area contributed by atoms with Gasteiger partial charge < -0.3 is 0 Å². The van der Waals surface area contributed by atoms with Crippen LogP contribution in [-0.2, 0) is 4.79 Å². The first kappa shape index (κ1) is 11.0. The lowest BCUT2D eigenvalue weighted by molar-refractivity contribution is -0.111. The van der Waals surface area contributed by atoms with Gasteiger partial charge in [0.2, 0.25) is 0 Å². The summed E-state index contributed by atoms with van der Waals surface area (Å²) in [5.74, 6) is -0.241. The summed E-state index contributed by atoms with van der Waals surface area (Å²) in [6.07, 6.45) is 1.22. The average molecular weight is 127 g/mol. The summed E-state index contributed by atoms with van der Waals surface area (Å²) in [7, 11) is 0. The third kappa shape index (κ3) is 7.08. The van der Waals surface area contributed by atoms with Crippen LogP contribution in [0.25, 0.3) is 0 Å². The minimum atomic E-state index is -0.241. The topological polar surface area (TPSA) is 40.9 Å². The fraction of sp³-hybridized carbons (Fsp3) is 0.429. The molecule has 0 spiro atoms. The van der Waals surface area contributed by atoms with Crippen LogP contribution in [-0.4, -0.2) is 11.5 Å². The van der Waals surface area contributed by atoms with Gasteiger partial charge in [0.05, 0.1) is 5.71 Å². The first-order valence-corrected chi connectivity index (χ1v) is 2.90. The second kappa shape index (κ2) is 7.08. The highest BCUT2D eigenvalue weighted by molar-refractivity contribution is 6.41. The third-order valence-corrected chi connectivity index (χ3v) is 0.583. The maximum Gasteiger partial charge on any atom is 0.177 e. The molecule has 52 valence electrons. The van der Waals surface area contributed by atoms with E-state index in [-0.39, 0.29) is 11.5 Å². The van der Waals surface area contributed by atoms with Gasteiger partial charge in [-0.05, 0) is 6.08 Å². The zero-order valence-electron chi connectivity index (χ0n) is 6.19. The molecule has 0 aromatic carbocycles. The molecular weight excluding hydrogens is 114 g/mol. The Labute approximate surface area is 56.1 Å². The van der Waals surface area contributed by atoms with Crippen molar-refractivity contribution in [1.82, 2.24) is 0 Å². The first-order valence-electron chi connectivity index (χ1n) is 2.90. The Morgan fingerprint density at radius 2 is 1.89 bits per heavy atom. The highest BCUT2D eigenvalue weighted by Crippen LogP contribution is 1.73. The SMILES string of the molecule is C=CC(=N)C(C)=O.CC. The summed E-state index contributed by atoms with van der Waals surface area (Å²) in [5.41, 5.74) is -0.0278. The van der Waals surface area contributed by atoms with Gasteiger partial charge in [-0.15, -0.1) is 0 Å². The number of rotatable bonds is 2. The number of hydrogen-bond donors (Lipinski definition) is 1. The van der Waals surface area contributed by atoms with Crippen LogP contribution in [0, 0.1) is 5.41 Å². The Bertz CT molecular complexity index is 116. The van der Waals surface area contributed by atoms with Crippen molar-refractivity contribution < 1.29 is 4.79 Å². The summed E-state index contributed by atoms with van der Waals surface area (Å²) in [5, 5.41) is 6.72. The minimum Gasteiger partial charge on any atom is -0.297 e. The zero-order valence-corrected chi connectivity index (χ0v) is 6.19. The van der Waals surface area contributed by atoms with E-state index < -0.39 is 0 Å². The zero-order chi connectivity index (χ0) is 7.86. The molecule has 1 N–H and O–H groups in total. The molecule has 0 fully saturated rings. The van der Waals surface area contributed by atoms with Crippen molar-refractivity contribution in [2.45, 2.75) is 20.8 Å². The molecular formula is C7H13NO. The molecule has 0 saturated carbocycles. The third-order valence-electron chi connectivity index (χ3n) is 0.583. The second-order valence-corrected chi connectivity index (χ2v) is 1.17. The summed E-state index contributed by atoms with van der Waals surface area (Å²) in [6, 6.07) is 0. The first-order chi connectivity index (χ1) is 4.18. The molecule has 0 heterocycles. The number of carbonyl (C=O) groups excluding carboxylic acids is 1. The van der Waals surface area contributed by atoms with Gasteiger partial charge in [0.15, 0.2) is 5.78 Å². The monoisotopic (exact) mass is 127 g/mol. The van der Waals surface area contributed by atoms with Crippen molar-refractivity contribution in [3.63, 3.8) is 0 Å². The molecule has 2 nitrogen and oxygen atoms in total. The number of ketones is 1. The predicted octanol–water partition coefficient (Wildman–Crippen LogP) is 1.81. The van der Waals surface area contributed by atoms with E-state index >= 15 is 0 Å². The summed E-state index contributed by atoms with van der Waals surface area (Å²) in [4.78, 5) is 10.1. The Kier molecular flexibility index (Phi) is 8.62. The molecule has 0 aromatic heterocycles. The molecule has 0 aliphatic heterocycles. The van der Waals surface area contributed by atoms with Gasteiger partial charge in [-0.3, -0.25) is 10.2 Å². The summed E-state index contributed by atoms with van der Waals surface area (Å²) in [6.45, 7) is 8.57. The number of carbonyl (C=O) groups is 1. The van der Waals surface area contributed by atoms with Crippen LogP contribution < -0.4 is 0 Å². The minimum absolute atomic E-state index is 0.0278. The number of hydrogen-bond acceptors (Lipinski definition) is 2. The van der Waals surface area contributed by atoms with Crippen LogP contribution in [0.3, 0.4) is 0 Å². The Hall–Kier alpha value is -0.920. The number of allylic oxidation sites excluding steroid dienone is 1. The molecule has 2 heteroatoms. The van der Waals surface area contributed by atoms with Gasteiger partial charge in [0, 0.05) is 6.92 Å². The quantitative estimate of drug-likeness (QED) is 0.564. The van der Waals surface area contributed by atoms with Crippen LogP contribution >= 0.6 is 0 Å². The van der Waals surface area contributed by atoms with Crippen molar-refractivity contribution >= 4 is 11.5 Å². The second-order valence-electron chi connectivity index (χ2n) is 1.17. The molecule has 0 aliphatic carbocycles. The lowest BCUT2D eigenvalue weighted by Gasteiger charge is -1.81. The fourth-order valence-corrected chi connectivity index (χ4v) is 0.144. The predicted molar refractivity (Wildman–Crippen MR) is 40.0 cm³/mol. The molecule has 0 aromatic rings. The van der Waals surface area contributed by atoms with Gasteiger partial charge in [-0.25, -0.2) is 0 Å². The molecule has 0 aliphatic rings. The van der Waals surface area contributed by atoms with Crippen molar-refractivity contribution in [3.8, 4) is 0 Å². The van der Waals surface area contributed by atoms with E-state index in [9.17, 15) is 4.79 Å². The molecule has 0 radical (unpaired) electrons. The lowest BCUT2D eigenvalue weighted by Crippen LogP contribution is -2.02. The van der Waals surface area contributed by atoms with E-state index in [1.807, 2.05) is 13.8 Å². The lowest BCUT2D eigenvalue weighted by atomic mass is 10.3. The summed E-state index contributed by atoms with van der Waals surface area (Å²) < 4.78 is 0. The highest BCUT2D eigenvalue weighted by atomic mass is 16.1. The van der Waals surface area contributed by atoms with Crippen molar-refractivity contribution in [2.75, 3.05) is 0 Å².